The molecule has 12 rings (SSSR count). The molecule has 3 aromatic heterocycles. The summed E-state index contributed by atoms with van der Waals surface area (Å²) in [5, 5.41) is 21.7. The van der Waals surface area contributed by atoms with Crippen LogP contribution in [-0.2, 0) is 6.42 Å². The van der Waals surface area contributed by atoms with E-state index in [1.54, 1.807) is 30.3 Å². The first-order valence-corrected chi connectivity index (χ1v) is 29.9. The summed E-state index contributed by atoms with van der Waals surface area (Å²) in [6, 6.07) is 70.3. The van der Waals surface area contributed by atoms with Crippen LogP contribution in [0.15, 0.2) is 250 Å². The number of hydrogen-bond acceptors (Lipinski definition) is 14. The van der Waals surface area contributed by atoms with Crippen molar-refractivity contribution < 1.29 is 37.5 Å². The van der Waals surface area contributed by atoms with E-state index < -0.39 is 15.8 Å². The van der Waals surface area contributed by atoms with Gasteiger partial charge in [-0.15, -0.1) is 0 Å². The minimum Gasteiger partial charge on any atom is -0.441 e. The Morgan fingerprint density at radius 2 is 0.848 bits per heavy atom. The Kier molecular flexibility index (Phi) is 23.3. The summed E-state index contributed by atoms with van der Waals surface area (Å²) in [6.07, 6.45) is 0.251. The number of primary amides is 1. The molecule has 1 amide bonds. The minimum absolute atomic E-state index is 0.0466. The van der Waals surface area contributed by atoms with Crippen LogP contribution in [0, 0.1) is 41.0 Å². The number of oxazole rings is 3. The van der Waals surface area contributed by atoms with E-state index in [2.05, 4.69) is 30.9 Å². The van der Waals surface area contributed by atoms with Gasteiger partial charge in [-0.25, -0.2) is 15.0 Å². The molecule has 9 aromatic carbocycles. The highest BCUT2D eigenvalue weighted by molar-refractivity contribution is 9.10. The van der Waals surface area contributed by atoms with Crippen molar-refractivity contribution in [3.05, 3.63) is 306 Å². The van der Waals surface area contributed by atoms with Gasteiger partial charge in [-0.1, -0.05) is 173 Å². The fraction of sp³-hybridized carbons (Fsp3) is 0.0833. The number of alkyl halides is 1. The lowest BCUT2D eigenvalue weighted by molar-refractivity contribution is -0.385. The fourth-order valence-electron chi connectivity index (χ4n) is 8.84. The van der Waals surface area contributed by atoms with Gasteiger partial charge in [-0.05, 0) is 112 Å². The smallest absolute Gasteiger partial charge is 0.269 e. The van der Waals surface area contributed by atoms with Crippen LogP contribution < -0.4 is 11.5 Å². The van der Waals surface area contributed by atoms with E-state index in [1.165, 1.54) is 36.4 Å². The molecule has 20 heteroatoms. The molecule has 0 aliphatic heterocycles. The quantitative estimate of drug-likeness (QED) is 0.0337. The first kappa shape index (κ1) is 67.0. The molecule has 0 aliphatic carbocycles. The molecule has 92 heavy (non-hydrogen) atoms. The summed E-state index contributed by atoms with van der Waals surface area (Å²) in [5.41, 5.74) is 21.8. The van der Waals surface area contributed by atoms with Gasteiger partial charge in [0.1, 0.15) is 34.4 Å². The number of carbonyl (C=O) groups is 3. The molecule has 1 unspecified atom stereocenters. The number of benzene rings is 9. The number of nitrogen functional groups attached to an aromatic ring is 1. The Hall–Kier alpha value is -10.9. The van der Waals surface area contributed by atoms with Gasteiger partial charge in [0.25, 0.3) is 11.4 Å². The largest absolute Gasteiger partial charge is 0.441 e. The van der Waals surface area contributed by atoms with Crippen LogP contribution in [0.25, 0.3) is 68.1 Å². The minimum atomic E-state index is -0.593. The number of carbonyl (C=O) groups excluding carboxylic acids is 3. The van der Waals surface area contributed by atoms with Crippen molar-refractivity contribution in [2.45, 2.75) is 38.9 Å². The molecule has 0 spiro atoms. The Bertz CT molecular complexity index is 4420. The van der Waals surface area contributed by atoms with E-state index in [0.717, 1.165) is 79.0 Å². The Morgan fingerprint density at radius 3 is 1.21 bits per heavy atom. The number of nitro benzene ring substituents is 2. The number of aromatic nitrogens is 3. The lowest BCUT2D eigenvalue weighted by atomic mass is 10.0. The van der Waals surface area contributed by atoms with Crippen molar-refractivity contribution in [3.63, 3.8) is 0 Å². The van der Waals surface area contributed by atoms with E-state index in [1.807, 2.05) is 198 Å². The van der Waals surface area contributed by atoms with Crippen LogP contribution in [0.4, 0.5) is 17.1 Å². The second-order valence-electron chi connectivity index (χ2n) is 20.2. The number of nitrogens with zero attached hydrogens (tertiary/aromatic N) is 5. The molecular formula is C72H58BrCl2N7O10. The number of nitrogens with two attached hydrogens (primary N) is 2. The Labute approximate surface area is 547 Å². The SMILES string of the molecule is CC(Br)C(=O)c1ccccc1.Cc1oc(-c2ccc(CC(=O)c3ccc(Cl)cc3Cl)cc2)nc1-c1ccccc1.Cc1oc(-c2ccc(N)cc2)nc1-c1ccccc1.Cc1oc(-c2ccc([N+](=O)[O-])cc2)nc1-c1ccccc1.NC(=O)c1ccc([N+](=O)[O-])cc1. The van der Waals surface area contributed by atoms with E-state index in [0.29, 0.717) is 38.8 Å². The predicted octanol–water partition coefficient (Wildman–Crippen LogP) is 18.5. The molecular weight excluding hydrogens is 1270 g/mol. The zero-order valence-corrected chi connectivity index (χ0v) is 53.0. The number of ketones is 2. The molecule has 0 fully saturated rings. The zero-order valence-electron chi connectivity index (χ0n) is 49.9. The third kappa shape index (κ3) is 18.4. The van der Waals surface area contributed by atoms with Crippen LogP contribution in [0.3, 0.4) is 0 Å². The summed E-state index contributed by atoms with van der Waals surface area (Å²) in [4.78, 5) is 67.9. The number of Topliss-reactive ketones (excluding diaryl/α,β-unsaturated/α-hetero) is 2. The maximum absolute atomic E-state index is 12.5. The number of halogens is 3. The molecule has 0 saturated heterocycles. The number of amides is 1. The average Bonchev–Trinajstić information content (AvgIpc) is 1.88. The van der Waals surface area contributed by atoms with Crippen LogP contribution in [0.5, 0.6) is 0 Å². The maximum Gasteiger partial charge on any atom is 0.269 e. The molecule has 1 atom stereocenters. The maximum atomic E-state index is 12.5. The van der Waals surface area contributed by atoms with Gasteiger partial charge in [0.05, 0.1) is 19.7 Å². The van der Waals surface area contributed by atoms with Crippen molar-refractivity contribution in [1.82, 2.24) is 15.0 Å². The van der Waals surface area contributed by atoms with Gasteiger partial charge in [0, 0.05) is 91.5 Å². The molecule has 17 nitrogen and oxygen atoms in total. The zero-order chi connectivity index (χ0) is 65.8. The Balaban J connectivity index is 0.000000155. The Morgan fingerprint density at radius 1 is 0.489 bits per heavy atom. The fourth-order valence-corrected chi connectivity index (χ4v) is 9.62. The van der Waals surface area contributed by atoms with Crippen molar-refractivity contribution >= 4 is 73.7 Å². The van der Waals surface area contributed by atoms with Gasteiger partial charge < -0.3 is 24.7 Å². The number of rotatable bonds is 14. The van der Waals surface area contributed by atoms with Gasteiger partial charge in [0.15, 0.2) is 11.6 Å². The molecule has 12 aromatic rings. The number of nitro groups is 2. The number of anilines is 1. The molecule has 462 valence electrons. The van der Waals surface area contributed by atoms with Crippen molar-refractivity contribution in [2.24, 2.45) is 5.73 Å². The van der Waals surface area contributed by atoms with Crippen LogP contribution in [-0.4, -0.2) is 47.1 Å². The van der Waals surface area contributed by atoms with Crippen molar-refractivity contribution in [2.75, 3.05) is 5.73 Å². The average molecular weight is 1330 g/mol. The predicted molar refractivity (Wildman–Crippen MR) is 363 cm³/mol. The third-order valence-electron chi connectivity index (χ3n) is 13.6. The summed E-state index contributed by atoms with van der Waals surface area (Å²) < 4.78 is 17.3. The first-order valence-electron chi connectivity index (χ1n) is 28.3. The van der Waals surface area contributed by atoms with Crippen LogP contribution in [0.2, 0.25) is 10.0 Å². The molecule has 4 N–H and O–H groups in total. The van der Waals surface area contributed by atoms with Gasteiger partial charge in [0.2, 0.25) is 23.6 Å². The molecule has 0 aliphatic rings. The normalized spacial score (nSPS) is 10.7. The van der Waals surface area contributed by atoms with Crippen molar-refractivity contribution in [3.8, 4) is 68.1 Å². The second-order valence-corrected chi connectivity index (χ2v) is 22.4. The first-order chi connectivity index (χ1) is 44.2. The van der Waals surface area contributed by atoms with Crippen LogP contribution in [0.1, 0.15) is 60.8 Å². The summed E-state index contributed by atoms with van der Waals surface area (Å²) in [6.45, 7) is 7.51. The number of aryl methyl sites for hydroxylation is 3. The molecule has 0 bridgehead atoms. The molecule has 0 saturated carbocycles. The summed E-state index contributed by atoms with van der Waals surface area (Å²) in [5.74, 6) is 3.42. The highest BCUT2D eigenvalue weighted by atomic mass is 79.9. The standard InChI is InChI=1S/C24H17Cl2NO2.C16H12N2O3.C16H14N2O.C9H9BrO.C7H6N2O3/c1-15-23(17-5-3-2-4-6-17)27-24(29-15)18-9-7-16(8-10-18)13-22(28)20-12-11-19(25)14-21(20)26;1-11-15(12-5-3-2-4-6-12)17-16(21-11)13-7-9-14(10-8-13)18(19)20;1-11-15(12-5-3-2-4-6-12)18-16(19-11)13-7-9-14(17)10-8-13;1-7(10)9(11)8-5-3-2-4-6-8;8-7(10)5-1-3-6(4-2-5)9(11)12/h2-12,14H,13H2,1H3;2-10H,1H3;2-10H,17H2,1H3;2-7H,1H3;1-4H,(H2,8,10). The topological polar surface area (TPSA) is 268 Å². The highest BCUT2D eigenvalue weighted by Gasteiger charge is 2.18. The second kappa shape index (κ2) is 32.0. The molecule has 3 heterocycles. The number of hydrogen-bond donors (Lipinski definition) is 2. The van der Waals surface area contributed by atoms with Crippen LogP contribution >= 0.6 is 39.1 Å². The van der Waals surface area contributed by atoms with E-state index >= 15 is 0 Å². The highest BCUT2D eigenvalue weighted by Crippen LogP contribution is 2.33. The van der Waals surface area contributed by atoms with E-state index in [9.17, 15) is 34.6 Å². The summed E-state index contributed by atoms with van der Waals surface area (Å²) >= 11 is 15.3. The third-order valence-corrected chi connectivity index (χ3v) is 14.6. The van der Waals surface area contributed by atoms with E-state index in [-0.39, 0.29) is 39.8 Å². The van der Waals surface area contributed by atoms with Crippen molar-refractivity contribution in [1.29, 1.82) is 0 Å². The number of non-ortho nitro benzene ring substituents is 2. The lowest BCUT2D eigenvalue weighted by Gasteiger charge is -2.05. The van der Waals surface area contributed by atoms with E-state index in [4.69, 9.17) is 47.9 Å². The lowest BCUT2D eigenvalue weighted by Crippen LogP contribution is -2.10. The monoisotopic (exact) mass is 1330 g/mol. The van der Waals surface area contributed by atoms with Gasteiger partial charge in [-0.3, -0.25) is 34.6 Å². The van der Waals surface area contributed by atoms with Gasteiger partial charge >= 0.3 is 0 Å². The van der Waals surface area contributed by atoms with Gasteiger partial charge in [-0.2, -0.15) is 0 Å². The molecule has 0 radical (unpaired) electrons. The summed E-state index contributed by atoms with van der Waals surface area (Å²) in [7, 11) is 0.